The van der Waals surface area contributed by atoms with E-state index in [1.807, 2.05) is 18.2 Å². The summed E-state index contributed by atoms with van der Waals surface area (Å²) < 4.78 is 10.7. The van der Waals surface area contributed by atoms with Crippen molar-refractivity contribution in [2.24, 2.45) is 11.1 Å². The lowest BCUT2D eigenvalue weighted by Gasteiger charge is -2.33. The summed E-state index contributed by atoms with van der Waals surface area (Å²) in [5, 5.41) is 0.601. The maximum Gasteiger partial charge on any atom is 0.313 e. The molecule has 5 heteroatoms. The number of esters is 1. The Morgan fingerprint density at radius 2 is 2.05 bits per heavy atom. The van der Waals surface area contributed by atoms with Crippen LogP contribution >= 0.6 is 11.6 Å². The summed E-state index contributed by atoms with van der Waals surface area (Å²) in [6.45, 7) is 1.58. The third kappa shape index (κ3) is 3.26. The van der Waals surface area contributed by atoms with Crippen LogP contribution in [0.5, 0.6) is 0 Å². The van der Waals surface area contributed by atoms with Gasteiger partial charge in [-0.05, 0) is 18.9 Å². The van der Waals surface area contributed by atoms with Gasteiger partial charge in [-0.25, -0.2) is 0 Å². The highest BCUT2D eigenvalue weighted by molar-refractivity contribution is 6.31. The normalized spacial score (nSPS) is 18.0. The van der Waals surface area contributed by atoms with Gasteiger partial charge < -0.3 is 15.2 Å². The van der Waals surface area contributed by atoms with Gasteiger partial charge in [0.05, 0.1) is 5.41 Å². The standard InChI is InChI=1S/C14H18ClNO3/c15-12-4-2-1-3-11(12)9-19-13(17)14(10-16)5-7-18-8-6-14/h1-4H,5-10,16H2. The summed E-state index contributed by atoms with van der Waals surface area (Å²) >= 11 is 6.03. The summed E-state index contributed by atoms with van der Waals surface area (Å²) in [5.74, 6) is -0.252. The van der Waals surface area contributed by atoms with Crippen molar-refractivity contribution in [3.8, 4) is 0 Å². The molecule has 4 nitrogen and oxygen atoms in total. The van der Waals surface area contributed by atoms with Crippen molar-refractivity contribution in [2.75, 3.05) is 19.8 Å². The summed E-state index contributed by atoms with van der Waals surface area (Å²) in [6, 6.07) is 7.32. The Morgan fingerprint density at radius 3 is 2.68 bits per heavy atom. The Kier molecular flexibility index (Phi) is 4.80. The van der Waals surface area contributed by atoms with E-state index in [0.717, 1.165) is 5.56 Å². The number of hydrogen-bond donors (Lipinski definition) is 1. The lowest BCUT2D eigenvalue weighted by molar-refractivity contribution is -0.162. The zero-order valence-electron chi connectivity index (χ0n) is 10.7. The molecule has 1 saturated heterocycles. The molecule has 0 spiro atoms. The molecule has 2 N–H and O–H groups in total. The van der Waals surface area contributed by atoms with E-state index < -0.39 is 5.41 Å². The van der Waals surface area contributed by atoms with Crippen molar-refractivity contribution in [1.82, 2.24) is 0 Å². The molecule has 19 heavy (non-hydrogen) atoms. The number of halogens is 1. The molecule has 104 valence electrons. The van der Waals surface area contributed by atoms with E-state index in [0.29, 0.717) is 31.1 Å². The highest BCUT2D eigenvalue weighted by Crippen LogP contribution is 2.31. The van der Waals surface area contributed by atoms with Gasteiger partial charge in [0.1, 0.15) is 6.61 Å². The first-order chi connectivity index (χ1) is 9.18. The number of carbonyl (C=O) groups is 1. The van der Waals surface area contributed by atoms with E-state index in [2.05, 4.69) is 0 Å². The maximum absolute atomic E-state index is 12.2. The van der Waals surface area contributed by atoms with Gasteiger partial charge in [-0.3, -0.25) is 4.79 Å². The van der Waals surface area contributed by atoms with Gasteiger partial charge in [0.25, 0.3) is 0 Å². The zero-order valence-corrected chi connectivity index (χ0v) is 11.5. The van der Waals surface area contributed by atoms with E-state index in [-0.39, 0.29) is 19.1 Å². The number of carbonyl (C=O) groups excluding carboxylic acids is 1. The quantitative estimate of drug-likeness (QED) is 0.860. The highest BCUT2D eigenvalue weighted by Gasteiger charge is 2.40. The summed E-state index contributed by atoms with van der Waals surface area (Å²) in [7, 11) is 0. The average molecular weight is 284 g/mol. The minimum Gasteiger partial charge on any atom is -0.460 e. The highest BCUT2D eigenvalue weighted by atomic mass is 35.5. The van der Waals surface area contributed by atoms with Crippen LogP contribution in [0.15, 0.2) is 24.3 Å². The van der Waals surface area contributed by atoms with Crippen LogP contribution in [0.25, 0.3) is 0 Å². The summed E-state index contributed by atoms with van der Waals surface area (Å²) in [6.07, 6.45) is 1.23. The Bertz CT molecular complexity index is 444. The van der Waals surface area contributed by atoms with E-state index >= 15 is 0 Å². The number of ether oxygens (including phenoxy) is 2. The van der Waals surface area contributed by atoms with Gasteiger partial charge in [-0.1, -0.05) is 29.8 Å². The molecule has 0 amide bonds. The van der Waals surface area contributed by atoms with Crippen molar-refractivity contribution in [3.63, 3.8) is 0 Å². The lowest BCUT2D eigenvalue weighted by Crippen LogP contribution is -2.44. The van der Waals surface area contributed by atoms with Crippen LogP contribution in [0, 0.1) is 5.41 Å². The molecule has 0 bridgehead atoms. The van der Waals surface area contributed by atoms with Crippen molar-refractivity contribution in [3.05, 3.63) is 34.9 Å². The van der Waals surface area contributed by atoms with Crippen LogP contribution in [0.4, 0.5) is 0 Å². The third-order valence-corrected chi connectivity index (χ3v) is 3.96. The molecule has 0 aliphatic carbocycles. The fourth-order valence-corrected chi connectivity index (χ4v) is 2.36. The number of nitrogens with two attached hydrogens (primary N) is 1. The van der Waals surface area contributed by atoms with Crippen LogP contribution in [0.3, 0.4) is 0 Å². The first-order valence-electron chi connectivity index (χ1n) is 6.36. The van der Waals surface area contributed by atoms with Gasteiger partial charge in [-0.15, -0.1) is 0 Å². The second-order valence-electron chi connectivity index (χ2n) is 4.76. The van der Waals surface area contributed by atoms with E-state index in [1.54, 1.807) is 6.07 Å². The predicted octanol–water partition coefficient (Wildman–Crippen LogP) is 2.14. The van der Waals surface area contributed by atoms with Crippen LogP contribution in [0.2, 0.25) is 5.02 Å². The Morgan fingerprint density at radius 1 is 1.37 bits per heavy atom. The van der Waals surface area contributed by atoms with Gasteiger partial charge in [0.15, 0.2) is 0 Å². The maximum atomic E-state index is 12.2. The molecular formula is C14H18ClNO3. The molecule has 1 heterocycles. The third-order valence-electron chi connectivity index (χ3n) is 3.59. The second-order valence-corrected chi connectivity index (χ2v) is 5.17. The molecule has 1 fully saturated rings. The van der Waals surface area contributed by atoms with E-state index in [1.165, 1.54) is 0 Å². The molecular weight excluding hydrogens is 266 g/mol. The van der Waals surface area contributed by atoms with Crippen molar-refractivity contribution < 1.29 is 14.3 Å². The predicted molar refractivity (Wildman–Crippen MR) is 72.8 cm³/mol. The number of rotatable bonds is 4. The summed E-state index contributed by atoms with van der Waals surface area (Å²) in [4.78, 5) is 12.2. The molecule has 0 radical (unpaired) electrons. The first-order valence-corrected chi connectivity index (χ1v) is 6.74. The van der Waals surface area contributed by atoms with Crippen LogP contribution < -0.4 is 5.73 Å². The van der Waals surface area contributed by atoms with Crippen molar-refractivity contribution in [2.45, 2.75) is 19.4 Å². The van der Waals surface area contributed by atoms with Crippen LogP contribution in [0.1, 0.15) is 18.4 Å². The minimum atomic E-state index is -0.598. The van der Waals surface area contributed by atoms with E-state index in [9.17, 15) is 4.79 Å². The number of hydrogen-bond acceptors (Lipinski definition) is 4. The largest absolute Gasteiger partial charge is 0.460 e. The Hall–Kier alpha value is -1.10. The molecule has 0 atom stereocenters. The van der Waals surface area contributed by atoms with Crippen molar-refractivity contribution in [1.29, 1.82) is 0 Å². The molecule has 1 aliphatic heterocycles. The number of benzene rings is 1. The van der Waals surface area contributed by atoms with Crippen LogP contribution in [-0.2, 0) is 20.9 Å². The molecule has 1 aromatic rings. The fourth-order valence-electron chi connectivity index (χ4n) is 2.17. The first kappa shape index (κ1) is 14.3. The Balaban J connectivity index is 1.98. The summed E-state index contributed by atoms with van der Waals surface area (Å²) in [5.41, 5.74) is 5.96. The smallest absolute Gasteiger partial charge is 0.313 e. The van der Waals surface area contributed by atoms with Gasteiger partial charge >= 0.3 is 5.97 Å². The minimum absolute atomic E-state index is 0.182. The average Bonchev–Trinajstić information content (AvgIpc) is 2.46. The van der Waals surface area contributed by atoms with Crippen molar-refractivity contribution >= 4 is 17.6 Å². The lowest BCUT2D eigenvalue weighted by atomic mass is 9.80. The van der Waals surface area contributed by atoms with Gasteiger partial charge in [-0.2, -0.15) is 0 Å². The molecule has 0 saturated carbocycles. The van der Waals surface area contributed by atoms with Gasteiger partial charge in [0.2, 0.25) is 0 Å². The molecule has 1 aromatic carbocycles. The topological polar surface area (TPSA) is 61.6 Å². The van der Waals surface area contributed by atoms with Crippen LogP contribution in [-0.4, -0.2) is 25.7 Å². The van der Waals surface area contributed by atoms with E-state index in [4.69, 9.17) is 26.8 Å². The second kappa shape index (κ2) is 6.37. The zero-order chi connectivity index (χ0) is 13.7. The fraction of sp³-hybridized carbons (Fsp3) is 0.500. The Labute approximate surface area is 117 Å². The monoisotopic (exact) mass is 283 g/mol. The SMILES string of the molecule is NCC1(C(=O)OCc2ccccc2Cl)CCOCC1. The van der Waals surface area contributed by atoms with Gasteiger partial charge in [0, 0.05) is 30.3 Å². The molecule has 0 unspecified atom stereocenters. The molecule has 1 aliphatic rings. The molecule has 2 rings (SSSR count). The molecule has 0 aromatic heterocycles.